The molecule has 1 amide bonds. The standard InChI is InChI=1S/C17H29N3O4/c1-12-15(13(2)24-18-12)8-20-7-14(23-17(3,4)11-20)9-22-10-16(21)19(5)6/h14H,7-11H2,1-6H3/t14-/m0/s1. The third-order valence-electron chi connectivity index (χ3n) is 4.14. The van der Waals surface area contributed by atoms with Crippen molar-refractivity contribution in [3.05, 3.63) is 17.0 Å². The molecule has 7 nitrogen and oxygen atoms in total. The lowest BCUT2D eigenvalue weighted by molar-refractivity contribution is -0.161. The van der Waals surface area contributed by atoms with Crippen molar-refractivity contribution in [3.63, 3.8) is 0 Å². The van der Waals surface area contributed by atoms with Gasteiger partial charge in [-0.1, -0.05) is 5.16 Å². The molecule has 1 atom stereocenters. The Morgan fingerprint density at radius 2 is 2.12 bits per heavy atom. The Balaban J connectivity index is 1.93. The van der Waals surface area contributed by atoms with Crippen LogP contribution < -0.4 is 0 Å². The first-order chi connectivity index (χ1) is 11.2. The molecule has 0 spiro atoms. The Labute approximate surface area is 143 Å². The molecule has 136 valence electrons. The Morgan fingerprint density at radius 1 is 1.42 bits per heavy atom. The molecular weight excluding hydrogens is 310 g/mol. The maximum Gasteiger partial charge on any atom is 0.248 e. The number of amides is 1. The van der Waals surface area contributed by atoms with Crippen LogP contribution in [0.2, 0.25) is 0 Å². The van der Waals surface area contributed by atoms with Gasteiger partial charge in [-0.05, 0) is 27.7 Å². The van der Waals surface area contributed by atoms with Gasteiger partial charge < -0.3 is 18.9 Å². The fraction of sp³-hybridized carbons (Fsp3) is 0.765. The SMILES string of the molecule is Cc1noc(C)c1CN1C[C@@H](COCC(=O)N(C)C)OC(C)(C)C1. The second kappa shape index (κ2) is 7.63. The van der Waals surface area contributed by atoms with Crippen molar-refractivity contribution in [2.24, 2.45) is 0 Å². The van der Waals surface area contributed by atoms with Crippen LogP contribution in [0.25, 0.3) is 0 Å². The minimum absolute atomic E-state index is 0.0438. The third-order valence-corrected chi connectivity index (χ3v) is 4.14. The van der Waals surface area contributed by atoms with Crippen LogP contribution in [0.15, 0.2) is 4.52 Å². The van der Waals surface area contributed by atoms with Gasteiger partial charge in [0.1, 0.15) is 12.4 Å². The minimum Gasteiger partial charge on any atom is -0.369 e. The highest BCUT2D eigenvalue weighted by molar-refractivity contribution is 5.76. The molecule has 0 radical (unpaired) electrons. The van der Waals surface area contributed by atoms with Gasteiger partial charge in [0.05, 0.1) is 24.0 Å². The van der Waals surface area contributed by atoms with Gasteiger partial charge in [0.15, 0.2) is 0 Å². The molecular formula is C17H29N3O4. The maximum atomic E-state index is 11.6. The minimum atomic E-state index is -0.267. The van der Waals surface area contributed by atoms with Gasteiger partial charge in [0, 0.05) is 39.3 Å². The first kappa shape index (κ1) is 18.9. The zero-order chi connectivity index (χ0) is 17.9. The molecule has 0 bridgehead atoms. The van der Waals surface area contributed by atoms with E-state index in [9.17, 15) is 4.79 Å². The molecule has 1 saturated heterocycles. The van der Waals surface area contributed by atoms with Crippen molar-refractivity contribution >= 4 is 5.91 Å². The summed E-state index contributed by atoms with van der Waals surface area (Å²) in [4.78, 5) is 15.4. The monoisotopic (exact) mass is 339 g/mol. The average Bonchev–Trinajstić information content (AvgIpc) is 2.77. The van der Waals surface area contributed by atoms with Crippen molar-refractivity contribution in [3.8, 4) is 0 Å². The summed E-state index contributed by atoms with van der Waals surface area (Å²) < 4.78 is 16.9. The van der Waals surface area contributed by atoms with Crippen LogP contribution in [-0.4, -0.2) is 73.0 Å². The summed E-state index contributed by atoms with van der Waals surface area (Å²) in [7, 11) is 3.44. The molecule has 2 rings (SSSR count). The largest absolute Gasteiger partial charge is 0.369 e. The molecule has 24 heavy (non-hydrogen) atoms. The van der Waals surface area contributed by atoms with Gasteiger partial charge in [0.25, 0.3) is 0 Å². The topological polar surface area (TPSA) is 68.0 Å². The number of hydrogen-bond acceptors (Lipinski definition) is 6. The van der Waals surface area contributed by atoms with E-state index in [1.54, 1.807) is 14.1 Å². The molecule has 0 aliphatic carbocycles. The van der Waals surface area contributed by atoms with Crippen LogP contribution in [0.1, 0.15) is 30.9 Å². The third kappa shape index (κ3) is 5.03. The molecule has 7 heteroatoms. The van der Waals surface area contributed by atoms with E-state index >= 15 is 0 Å². The summed E-state index contributed by atoms with van der Waals surface area (Å²) in [5.41, 5.74) is 1.80. The number of carbonyl (C=O) groups excluding carboxylic acids is 1. The Bertz CT molecular complexity index is 549. The van der Waals surface area contributed by atoms with E-state index in [4.69, 9.17) is 14.0 Å². The van der Waals surface area contributed by atoms with E-state index in [2.05, 4.69) is 23.9 Å². The molecule has 1 aliphatic rings. The summed E-state index contributed by atoms with van der Waals surface area (Å²) in [6.45, 7) is 10.9. The zero-order valence-corrected chi connectivity index (χ0v) is 15.6. The molecule has 1 aliphatic heterocycles. The number of aryl methyl sites for hydroxylation is 2. The first-order valence-corrected chi connectivity index (χ1v) is 8.28. The van der Waals surface area contributed by atoms with Crippen molar-refractivity contribution in [2.75, 3.05) is 40.4 Å². The molecule has 2 heterocycles. The van der Waals surface area contributed by atoms with Crippen LogP contribution in [0, 0.1) is 13.8 Å². The number of nitrogens with zero attached hydrogens (tertiary/aromatic N) is 3. The number of likely N-dealkylation sites (N-methyl/N-ethyl adjacent to an activating group) is 1. The predicted molar refractivity (Wildman–Crippen MR) is 89.7 cm³/mol. The summed E-state index contributed by atoms with van der Waals surface area (Å²) in [6.07, 6.45) is -0.0656. The number of rotatable bonds is 6. The number of ether oxygens (including phenoxy) is 2. The fourth-order valence-electron chi connectivity index (χ4n) is 2.98. The number of hydrogen-bond donors (Lipinski definition) is 0. The smallest absolute Gasteiger partial charge is 0.248 e. The Hall–Kier alpha value is -1.44. The zero-order valence-electron chi connectivity index (χ0n) is 15.6. The number of aromatic nitrogens is 1. The van der Waals surface area contributed by atoms with Crippen LogP contribution in [0.3, 0.4) is 0 Å². The number of morpholine rings is 1. The molecule has 1 aromatic heterocycles. The van der Waals surface area contributed by atoms with Crippen molar-refractivity contribution in [1.29, 1.82) is 0 Å². The highest BCUT2D eigenvalue weighted by atomic mass is 16.6. The first-order valence-electron chi connectivity index (χ1n) is 8.28. The van der Waals surface area contributed by atoms with Crippen molar-refractivity contribution < 1.29 is 18.8 Å². The van der Waals surface area contributed by atoms with Gasteiger partial charge in [0.2, 0.25) is 5.91 Å². The quantitative estimate of drug-likeness (QED) is 0.780. The Morgan fingerprint density at radius 3 is 2.71 bits per heavy atom. The van der Waals surface area contributed by atoms with E-state index in [1.165, 1.54) is 4.90 Å². The second-order valence-corrected chi connectivity index (χ2v) is 7.28. The van der Waals surface area contributed by atoms with Gasteiger partial charge in [-0.25, -0.2) is 0 Å². The second-order valence-electron chi connectivity index (χ2n) is 7.28. The van der Waals surface area contributed by atoms with Gasteiger partial charge in [-0.15, -0.1) is 0 Å². The summed E-state index contributed by atoms with van der Waals surface area (Å²) in [5, 5.41) is 4.02. The summed E-state index contributed by atoms with van der Waals surface area (Å²) in [5.74, 6) is 0.818. The van der Waals surface area contributed by atoms with E-state index < -0.39 is 0 Å². The Kier molecular flexibility index (Phi) is 6.01. The average molecular weight is 339 g/mol. The lowest BCUT2D eigenvalue weighted by Gasteiger charge is -2.42. The highest BCUT2D eigenvalue weighted by Gasteiger charge is 2.34. The van der Waals surface area contributed by atoms with E-state index in [0.717, 1.165) is 36.7 Å². The fourth-order valence-corrected chi connectivity index (χ4v) is 2.98. The maximum absolute atomic E-state index is 11.6. The lowest BCUT2D eigenvalue weighted by atomic mass is 10.0. The van der Waals surface area contributed by atoms with Crippen LogP contribution in [0.4, 0.5) is 0 Å². The molecule has 1 fully saturated rings. The van der Waals surface area contributed by atoms with Crippen LogP contribution in [0.5, 0.6) is 0 Å². The molecule has 0 N–H and O–H groups in total. The van der Waals surface area contributed by atoms with Gasteiger partial charge >= 0.3 is 0 Å². The van der Waals surface area contributed by atoms with E-state index in [0.29, 0.717) is 6.61 Å². The molecule has 1 aromatic rings. The molecule has 0 unspecified atom stereocenters. The number of carbonyl (C=O) groups is 1. The van der Waals surface area contributed by atoms with Gasteiger partial charge in [-0.2, -0.15) is 0 Å². The summed E-state index contributed by atoms with van der Waals surface area (Å²) in [6, 6.07) is 0. The van der Waals surface area contributed by atoms with E-state index in [1.807, 2.05) is 13.8 Å². The normalized spacial score (nSPS) is 21.0. The predicted octanol–water partition coefficient (Wildman–Crippen LogP) is 1.38. The molecule has 0 saturated carbocycles. The summed E-state index contributed by atoms with van der Waals surface area (Å²) >= 11 is 0. The molecule has 0 aromatic carbocycles. The van der Waals surface area contributed by atoms with Crippen molar-refractivity contribution in [1.82, 2.24) is 15.0 Å². The lowest BCUT2D eigenvalue weighted by Crippen LogP contribution is -2.53. The van der Waals surface area contributed by atoms with Gasteiger partial charge in [-0.3, -0.25) is 9.69 Å². The van der Waals surface area contributed by atoms with E-state index in [-0.39, 0.29) is 24.2 Å². The highest BCUT2D eigenvalue weighted by Crippen LogP contribution is 2.24. The van der Waals surface area contributed by atoms with Crippen LogP contribution >= 0.6 is 0 Å². The van der Waals surface area contributed by atoms with Crippen molar-refractivity contribution in [2.45, 2.75) is 45.9 Å². The van der Waals surface area contributed by atoms with Crippen LogP contribution in [-0.2, 0) is 20.8 Å².